The molecule has 1 amide bonds. The van der Waals surface area contributed by atoms with Gasteiger partial charge in [0.1, 0.15) is 0 Å². The van der Waals surface area contributed by atoms with Gasteiger partial charge in [-0.15, -0.1) is 0 Å². The zero-order valence-electron chi connectivity index (χ0n) is 15.9. The predicted octanol–water partition coefficient (Wildman–Crippen LogP) is 3.84. The first-order valence-electron chi connectivity index (χ1n) is 8.94. The second kappa shape index (κ2) is 10.2. The Morgan fingerprint density at radius 3 is 2.33 bits per heavy atom. The number of nitrogens with one attached hydrogen (secondary N) is 1. The van der Waals surface area contributed by atoms with E-state index in [-0.39, 0.29) is 11.9 Å². The van der Waals surface area contributed by atoms with Gasteiger partial charge in [0.2, 0.25) is 5.91 Å². The fraction of sp³-hybridized carbons (Fsp3) is 0.333. The van der Waals surface area contributed by atoms with Gasteiger partial charge in [0.25, 0.3) is 0 Å². The average molecular weight is 371 g/mol. The van der Waals surface area contributed by atoms with E-state index in [1.54, 1.807) is 38.3 Å². The van der Waals surface area contributed by atoms with E-state index in [0.29, 0.717) is 48.8 Å². The van der Waals surface area contributed by atoms with E-state index < -0.39 is 0 Å². The molecule has 0 fully saturated rings. The molecule has 0 aliphatic rings. The number of esters is 1. The fourth-order valence-corrected chi connectivity index (χ4v) is 2.53. The summed E-state index contributed by atoms with van der Waals surface area (Å²) >= 11 is 0. The highest BCUT2D eigenvalue weighted by atomic mass is 16.5. The van der Waals surface area contributed by atoms with Crippen LogP contribution in [0.2, 0.25) is 0 Å². The standard InChI is InChI=1S/C21H25NO5/c1-4-26-18-12-6-15(14-19(18)25-3)7-13-20(23)22-17-10-8-16(9-11-17)21(24)27-5-2/h6,8-12,14H,4-5,7,13H2,1-3H3,(H,22,23). The predicted molar refractivity (Wildman–Crippen MR) is 104 cm³/mol. The second-order valence-electron chi connectivity index (χ2n) is 5.76. The van der Waals surface area contributed by atoms with Gasteiger partial charge >= 0.3 is 5.97 Å². The number of hydrogen-bond acceptors (Lipinski definition) is 5. The summed E-state index contributed by atoms with van der Waals surface area (Å²) in [6.45, 7) is 4.56. The minimum absolute atomic E-state index is 0.105. The summed E-state index contributed by atoms with van der Waals surface area (Å²) in [6, 6.07) is 12.3. The third-order valence-corrected chi connectivity index (χ3v) is 3.85. The van der Waals surface area contributed by atoms with Gasteiger partial charge in [-0.3, -0.25) is 4.79 Å². The highest BCUT2D eigenvalue weighted by Crippen LogP contribution is 2.28. The van der Waals surface area contributed by atoms with Gasteiger partial charge in [-0.05, 0) is 62.2 Å². The molecule has 27 heavy (non-hydrogen) atoms. The number of carbonyl (C=O) groups is 2. The summed E-state index contributed by atoms with van der Waals surface area (Å²) in [7, 11) is 1.59. The maximum Gasteiger partial charge on any atom is 0.338 e. The van der Waals surface area contributed by atoms with E-state index in [1.165, 1.54) is 0 Å². The Bertz CT molecular complexity index is 771. The van der Waals surface area contributed by atoms with E-state index in [4.69, 9.17) is 14.2 Å². The molecule has 2 aromatic carbocycles. The second-order valence-corrected chi connectivity index (χ2v) is 5.76. The number of rotatable bonds is 9. The third kappa shape index (κ3) is 6.02. The molecule has 0 radical (unpaired) electrons. The van der Waals surface area contributed by atoms with Gasteiger partial charge in [0.05, 0.1) is 25.9 Å². The van der Waals surface area contributed by atoms with E-state index in [1.807, 2.05) is 25.1 Å². The molecule has 0 aromatic heterocycles. The van der Waals surface area contributed by atoms with Crippen molar-refractivity contribution in [3.05, 3.63) is 53.6 Å². The molecule has 0 unspecified atom stereocenters. The number of amides is 1. The molecular weight excluding hydrogens is 346 g/mol. The van der Waals surface area contributed by atoms with Crippen LogP contribution in [0.1, 0.15) is 36.2 Å². The van der Waals surface area contributed by atoms with Crippen LogP contribution in [-0.2, 0) is 16.0 Å². The van der Waals surface area contributed by atoms with E-state index in [9.17, 15) is 9.59 Å². The van der Waals surface area contributed by atoms with Crippen molar-refractivity contribution < 1.29 is 23.8 Å². The van der Waals surface area contributed by atoms with Gasteiger partial charge in [0, 0.05) is 12.1 Å². The van der Waals surface area contributed by atoms with Crippen molar-refractivity contribution in [2.75, 3.05) is 25.6 Å². The smallest absolute Gasteiger partial charge is 0.338 e. The Morgan fingerprint density at radius 1 is 0.963 bits per heavy atom. The van der Waals surface area contributed by atoms with Gasteiger partial charge < -0.3 is 19.5 Å². The molecule has 0 saturated heterocycles. The first-order valence-corrected chi connectivity index (χ1v) is 8.94. The lowest BCUT2D eigenvalue weighted by Gasteiger charge is -2.11. The highest BCUT2D eigenvalue weighted by Gasteiger charge is 2.09. The van der Waals surface area contributed by atoms with Crippen molar-refractivity contribution in [3.63, 3.8) is 0 Å². The number of methoxy groups -OCH3 is 1. The Balaban J connectivity index is 1.90. The summed E-state index contributed by atoms with van der Waals surface area (Å²) in [4.78, 5) is 23.8. The topological polar surface area (TPSA) is 73.9 Å². The minimum Gasteiger partial charge on any atom is -0.493 e. The number of carbonyl (C=O) groups excluding carboxylic acids is 2. The minimum atomic E-state index is -0.375. The largest absolute Gasteiger partial charge is 0.493 e. The van der Waals surface area contributed by atoms with E-state index >= 15 is 0 Å². The molecule has 0 aliphatic carbocycles. The average Bonchev–Trinajstić information content (AvgIpc) is 2.68. The van der Waals surface area contributed by atoms with Crippen molar-refractivity contribution in [1.29, 1.82) is 0 Å². The normalized spacial score (nSPS) is 10.2. The highest BCUT2D eigenvalue weighted by molar-refractivity contribution is 5.93. The van der Waals surface area contributed by atoms with Crippen LogP contribution in [0.3, 0.4) is 0 Å². The van der Waals surface area contributed by atoms with Crippen molar-refractivity contribution in [2.24, 2.45) is 0 Å². The maximum atomic E-state index is 12.2. The zero-order valence-corrected chi connectivity index (χ0v) is 15.9. The van der Waals surface area contributed by atoms with Crippen molar-refractivity contribution in [2.45, 2.75) is 26.7 Å². The van der Waals surface area contributed by atoms with Crippen LogP contribution in [0.5, 0.6) is 11.5 Å². The molecule has 2 aromatic rings. The summed E-state index contributed by atoms with van der Waals surface area (Å²) in [6.07, 6.45) is 0.909. The Hall–Kier alpha value is -3.02. The number of benzene rings is 2. The number of ether oxygens (including phenoxy) is 3. The summed E-state index contributed by atoms with van der Waals surface area (Å²) in [5.74, 6) is 0.866. The van der Waals surface area contributed by atoms with Crippen LogP contribution in [0.4, 0.5) is 5.69 Å². The molecule has 0 atom stereocenters. The van der Waals surface area contributed by atoms with Crippen molar-refractivity contribution in [3.8, 4) is 11.5 Å². The number of anilines is 1. The maximum absolute atomic E-state index is 12.2. The van der Waals surface area contributed by atoms with E-state index in [2.05, 4.69) is 5.32 Å². The molecule has 0 bridgehead atoms. The first kappa shape index (κ1) is 20.3. The van der Waals surface area contributed by atoms with Crippen LogP contribution < -0.4 is 14.8 Å². The molecule has 0 aliphatic heterocycles. The van der Waals surface area contributed by atoms with Crippen LogP contribution in [0.15, 0.2) is 42.5 Å². The number of hydrogen-bond donors (Lipinski definition) is 1. The third-order valence-electron chi connectivity index (χ3n) is 3.85. The first-order chi connectivity index (χ1) is 13.1. The Labute approximate surface area is 159 Å². The number of aryl methyl sites for hydroxylation is 1. The van der Waals surface area contributed by atoms with E-state index in [0.717, 1.165) is 5.56 Å². The van der Waals surface area contributed by atoms with Gasteiger partial charge in [0.15, 0.2) is 11.5 Å². The Kier molecular flexibility index (Phi) is 7.67. The van der Waals surface area contributed by atoms with Gasteiger partial charge in [-0.2, -0.15) is 0 Å². The van der Waals surface area contributed by atoms with Crippen LogP contribution in [0, 0.1) is 0 Å². The molecule has 1 N–H and O–H groups in total. The summed E-state index contributed by atoms with van der Waals surface area (Å²) < 4.78 is 15.8. The molecule has 0 heterocycles. The lowest BCUT2D eigenvalue weighted by Crippen LogP contribution is -2.12. The van der Waals surface area contributed by atoms with Gasteiger partial charge in [-0.1, -0.05) is 6.07 Å². The van der Waals surface area contributed by atoms with Gasteiger partial charge in [-0.25, -0.2) is 4.79 Å². The molecule has 0 spiro atoms. The van der Waals surface area contributed by atoms with Crippen molar-refractivity contribution >= 4 is 17.6 Å². The quantitative estimate of drug-likeness (QED) is 0.678. The molecule has 6 heteroatoms. The SMILES string of the molecule is CCOC(=O)c1ccc(NC(=O)CCc2ccc(OCC)c(OC)c2)cc1. The molecule has 0 saturated carbocycles. The molecular formula is C21H25NO5. The monoisotopic (exact) mass is 371 g/mol. The van der Waals surface area contributed by atoms with Crippen LogP contribution >= 0.6 is 0 Å². The van der Waals surface area contributed by atoms with Crippen LogP contribution in [-0.4, -0.2) is 32.2 Å². The lowest BCUT2D eigenvalue weighted by molar-refractivity contribution is -0.116. The molecule has 2 rings (SSSR count). The summed E-state index contributed by atoms with van der Waals surface area (Å²) in [5.41, 5.74) is 2.08. The summed E-state index contributed by atoms with van der Waals surface area (Å²) in [5, 5.41) is 2.82. The van der Waals surface area contributed by atoms with Crippen LogP contribution in [0.25, 0.3) is 0 Å². The Morgan fingerprint density at radius 2 is 1.70 bits per heavy atom. The van der Waals surface area contributed by atoms with Crippen molar-refractivity contribution in [1.82, 2.24) is 0 Å². The lowest BCUT2D eigenvalue weighted by atomic mass is 10.1. The molecule has 144 valence electrons. The molecule has 6 nitrogen and oxygen atoms in total. The fourth-order valence-electron chi connectivity index (χ4n) is 2.53. The zero-order chi connectivity index (χ0) is 19.6.